The van der Waals surface area contributed by atoms with Gasteiger partial charge in [-0.25, -0.2) is 4.79 Å². The van der Waals surface area contributed by atoms with Gasteiger partial charge in [-0.3, -0.25) is 9.69 Å². The van der Waals surface area contributed by atoms with Gasteiger partial charge in [0.15, 0.2) is 5.78 Å². The summed E-state index contributed by atoms with van der Waals surface area (Å²) < 4.78 is 5.42. The molecule has 3 fully saturated rings. The number of piperidine rings is 3. The fourth-order valence-corrected chi connectivity index (χ4v) is 3.94. The van der Waals surface area contributed by atoms with Gasteiger partial charge in [-0.2, -0.15) is 0 Å². The molecule has 128 valence electrons. The third-order valence-electron chi connectivity index (χ3n) is 5.29. The molecule has 0 aliphatic carbocycles. The van der Waals surface area contributed by atoms with E-state index < -0.39 is 5.63 Å². The van der Waals surface area contributed by atoms with Gasteiger partial charge in [0.05, 0.1) is 17.0 Å². The van der Waals surface area contributed by atoms with Crippen molar-refractivity contribution in [1.82, 2.24) is 4.90 Å². The second kappa shape index (κ2) is 6.22. The Morgan fingerprint density at radius 2 is 1.96 bits per heavy atom. The van der Waals surface area contributed by atoms with Gasteiger partial charge in [-0.05, 0) is 44.5 Å². The number of nitrogens with zero attached hydrogens (tertiary/aromatic N) is 1. The number of ketones is 1. The lowest BCUT2D eigenvalue weighted by molar-refractivity contribution is -0.136. The van der Waals surface area contributed by atoms with Gasteiger partial charge in [-0.15, -0.1) is 12.4 Å². The van der Waals surface area contributed by atoms with Crippen molar-refractivity contribution in [2.75, 3.05) is 13.1 Å². The number of benzene rings is 1. The number of carbonyl (C=O) groups is 1. The van der Waals surface area contributed by atoms with E-state index in [1.54, 1.807) is 6.07 Å². The maximum absolute atomic E-state index is 12.5. The van der Waals surface area contributed by atoms with E-state index in [0.29, 0.717) is 11.0 Å². The van der Waals surface area contributed by atoms with Crippen LogP contribution >= 0.6 is 12.4 Å². The van der Waals surface area contributed by atoms with Crippen LogP contribution in [0, 0.1) is 12.8 Å². The zero-order valence-electron chi connectivity index (χ0n) is 13.4. The molecule has 1 N–H and O–H groups in total. The molecule has 24 heavy (non-hydrogen) atoms. The molecule has 3 aliphatic rings. The lowest BCUT2D eigenvalue weighted by atomic mass is 9.80. The minimum Gasteiger partial charge on any atom is -0.507 e. The molecule has 1 unspecified atom stereocenters. The number of hydrogen-bond donors (Lipinski definition) is 1. The van der Waals surface area contributed by atoms with E-state index in [4.69, 9.17) is 4.42 Å². The van der Waals surface area contributed by atoms with E-state index in [-0.39, 0.29) is 47.9 Å². The first-order chi connectivity index (χ1) is 11.1. The summed E-state index contributed by atoms with van der Waals surface area (Å²) >= 11 is 0. The van der Waals surface area contributed by atoms with Gasteiger partial charge in [0.2, 0.25) is 0 Å². The van der Waals surface area contributed by atoms with Crippen molar-refractivity contribution in [3.8, 4) is 5.75 Å². The Morgan fingerprint density at radius 1 is 1.25 bits per heavy atom. The third-order valence-corrected chi connectivity index (χ3v) is 5.29. The number of aromatic hydroxyl groups is 1. The number of carbonyl (C=O) groups excluding carboxylic acids is 1. The van der Waals surface area contributed by atoms with Crippen molar-refractivity contribution >= 4 is 29.2 Å². The normalized spacial score (nSPS) is 25.7. The molecular weight excluding hydrogens is 330 g/mol. The Labute approximate surface area is 145 Å². The molecule has 1 aromatic heterocycles. The van der Waals surface area contributed by atoms with Gasteiger partial charge < -0.3 is 9.52 Å². The Hall–Kier alpha value is -1.85. The maximum Gasteiger partial charge on any atom is 0.343 e. The molecule has 0 saturated carbocycles. The molecule has 5 nitrogen and oxygen atoms in total. The highest BCUT2D eigenvalue weighted by atomic mass is 35.5. The highest BCUT2D eigenvalue weighted by molar-refractivity contribution is 5.89. The standard InChI is InChI=1S/C18H19NO4.ClH/c1-10-3-2-4-12-16(21)13(18(22)23-17(10)12)9-14-15(20)11-5-7-19(14)8-6-11;/h2-4,11,14,21H,5-9H2,1H3;1H. The Kier molecular flexibility index (Phi) is 4.40. The number of fused-ring (bicyclic) bond motifs is 4. The SMILES string of the molecule is Cc1cccc2c(O)c(CC3C(=O)C4CCN3CC4)c(=O)oc12.Cl. The second-order valence-corrected chi connectivity index (χ2v) is 6.60. The molecule has 4 heterocycles. The summed E-state index contributed by atoms with van der Waals surface area (Å²) in [6.45, 7) is 3.61. The quantitative estimate of drug-likeness (QED) is 0.843. The van der Waals surface area contributed by atoms with Crippen LogP contribution < -0.4 is 5.63 Å². The van der Waals surface area contributed by atoms with Crippen LogP contribution in [0.3, 0.4) is 0 Å². The van der Waals surface area contributed by atoms with Crippen molar-refractivity contribution in [2.45, 2.75) is 32.2 Å². The smallest absolute Gasteiger partial charge is 0.343 e. The van der Waals surface area contributed by atoms with Crippen molar-refractivity contribution in [1.29, 1.82) is 0 Å². The lowest BCUT2D eigenvalue weighted by Crippen LogP contribution is -2.56. The molecule has 0 spiro atoms. The fraction of sp³-hybridized carbons (Fsp3) is 0.444. The first kappa shape index (κ1) is 17.0. The molecular formula is C18H20ClNO4. The predicted octanol–water partition coefficient (Wildman–Crippen LogP) is 2.43. The van der Waals surface area contributed by atoms with Crippen LogP contribution in [0.4, 0.5) is 0 Å². The van der Waals surface area contributed by atoms with Crippen molar-refractivity contribution in [3.05, 3.63) is 39.7 Å². The zero-order valence-corrected chi connectivity index (χ0v) is 14.3. The largest absolute Gasteiger partial charge is 0.507 e. The number of hydrogen-bond acceptors (Lipinski definition) is 5. The monoisotopic (exact) mass is 349 g/mol. The highest BCUT2D eigenvalue weighted by Crippen LogP contribution is 2.33. The highest BCUT2D eigenvalue weighted by Gasteiger charge is 2.41. The van der Waals surface area contributed by atoms with Gasteiger partial charge in [0.25, 0.3) is 0 Å². The van der Waals surface area contributed by atoms with Gasteiger partial charge >= 0.3 is 5.63 Å². The topological polar surface area (TPSA) is 70.8 Å². The van der Waals surface area contributed by atoms with E-state index in [1.165, 1.54) is 0 Å². The molecule has 3 saturated heterocycles. The minimum absolute atomic E-state index is 0. The molecule has 1 atom stereocenters. The molecule has 3 aliphatic heterocycles. The van der Waals surface area contributed by atoms with Crippen molar-refractivity contribution < 1.29 is 14.3 Å². The maximum atomic E-state index is 12.5. The van der Waals surface area contributed by atoms with Gasteiger partial charge in [0.1, 0.15) is 11.3 Å². The Bertz CT molecular complexity index is 852. The molecule has 6 heteroatoms. The summed E-state index contributed by atoms with van der Waals surface area (Å²) in [5, 5.41) is 11.1. The predicted molar refractivity (Wildman–Crippen MR) is 92.9 cm³/mol. The Morgan fingerprint density at radius 3 is 2.62 bits per heavy atom. The molecule has 2 aromatic rings. The zero-order chi connectivity index (χ0) is 16.1. The van der Waals surface area contributed by atoms with Crippen molar-refractivity contribution in [2.24, 2.45) is 5.92 Å². The van der Waals surface area contributed by atoms with Crippen LogP contribution in [0.15, 0.2) is 27.4 Å². The second-order valence-electron chi connectivity index (χ2n) is 6.60. The fourth-order valence-electron chi connectivity index (χ4n) is 3.94. The molecule has 1 aromatic carbocycles. The van der Waals surface area contributed by atoms with Crippen LogP contribution in [0.25, 0.3) is 11.0 Å². The molecule has 0 amide bonds. The minimum atomic E-state index is -0.542. The van der Waals surface area contributed by atoms with Crippen LogP contribution in [-0.2, 0) is 11.2 Å². The van der Waals surface area contributed by atoms with E-state index in [1.807, 2.05) is 19.1 Å². The number of aryl methyl sites for hydroxylation is 1. The number of para-hydroxylation sites is 1. The molecule has 2 bridgehead atoms. The van der Waals surface area contributed by atoms with Crippen LogP contribution in [0.2, 0.25) is 0 Å². The average molecular weight is 350 g/mol. The summed E-state index contributed by atoms with van der Waals surface area (Å²) in [4.78, 5) is 26.9. The van der Waals surface area contributed by atoms with E-state index in [0.717, 1.165) is 31.5 Å². The van der Waals surface area contributed by atoms with Gasteiger partial charge in [-0.1, -0.05) is 12.1 Å². The first-order valence-electron chi connectivity index (χ1n) is 8.08. The average Bonchev–Trinajstić information content (AvgIpc) is 2.55. The van der Waals surface area contributed by atoms with Crippen LogP contribution in [0.1, 0.15) is 24.0 Å². The van der Waals surface area contributed by atoms with Crippen LogP contribution in [-0.4, -0.2) is 34.9 Å². The Balaban J connectivity index is 0.00000169. The summed E-state index contributed by atoms with van der Waals surface area (Å²) in [7, 11) is 0. The van der Waals surface area contributed by atoms with Gasteiger partial charge in [0, 0.05) is 12.3 Å². The van der Waals surface area contributed by atoms with Crippen molar-refractivity contribution in [3.63, 3.8) is 0 Å². The number of halogens is 1. The lowest BCUT2D eigenvalue weighted by Gasteiger charge is -2.44. The third kappa shape index (κ3) is 2.52. The first-order valence-corrected chi connectivity index (χ1v) is 8.08. The van der Waals surface area contributed by atoms with E-state index >= 15 is 0 Å². The summed E-state index contributed by atoms with van der Waals surface area (Å²) in [5.41, 5.74) is 0.891. The van der Waals surface area contributed by atoms with E-state index in [2.05, 4.69) is 4.90 Å². The molecule has 5 rings (SSSR count). The van der Waals surface area contributed by atoms with E-state index in [9.17, 15) is 14.7 Å². The number of Topliss-reactive ketones (excluding diaryl/α,β-unsaturated/α-hetero) is 1. The summed E-state index contributed by atoms with van der Waals surface area (Å²) in [5.74, 6) is 0.267. The van der Waals surface area contributed by atoms with Crippen LogP contribution in [0.5, 0.6) is 5.75 Å². The molecule has 0 radical (unpaired) electrons. The summed E-state index contributed by atoms with van der Waals surface area (Å²) in [6.07, 6.45) is 2.05. The number of rotatable bonds is 2. The summed E-state index contributed by atoms with van der Waals surface area (Å²) in [6, 6.07) is 5.08.